The predicted octanol–water partition coefficient (Wildman–Crippen LogP) is 4.93. The van der Waals surface area contributed by atoms with Crippen molar-refractivity contribution in [3.05, 3.63) is 51.5 Å². The van der Waals surface area contributed by atoms with Crippen LogP contribution in [0.2, 0.25) is 15.1 Å². The molecular weight excluding hydrogens is 421 g/mol. The number of carbonyl (C=O) groups is 2. The van der Waals surface area contributed by atoms with Crippen LogP contribution in [-0.2, 0) is 14.3 Å². The van der Waals surface area contributed by atoms with E-state index in [0.717, 1.165) is 4.90 Å². The molecule has 9 heteroatoms. The smallest absolute Gasteiger partial charge is 0.344 e. The molecule has 0 aromatic heterocycles. The summed E-state index contributed by atoms with van der Waals surface area (Å²) in [5.41, 5.74) is 0.653. The molecule has 0 saturated carbocycles. The van der Waals surface area contributed by atoms with Gasteiger partial charge in [0.15, 0.2) is 13.2 Å². The van der Waals surface area contributed by atoms with E-state index in [2.05, 4.69) is 5.32 Å². The molecule has 0 radical (unpaired) electrons. The summed E-state index contributed by atoms with van der Waals surface area (Å²) < 4.78 is 10.1. The molecule has 0 aliphatic rings. The number of carbonyl (C=O) groups excluding carboxylic acids is 2. The summed E-state index contributed by atoms with van der Waals surface area (Å²) in [7, 11) is 0. The summed E-state index contributed by atoms with van der Waals surface area (Å²) in [6, 6.07) is 10.1. The lowest BCUT2D eigenvalue weighted by Crippen LogP contribution is -2.23. The first kappa shape index (κ1) is 20.7. The number of para-hydroxylation sites is 1. The van der Waals surface area contributed by atoms with Gasteiger partial charge in [0, 0.05) is 11.0 Å². The third-order valence-corrected chi connectivity index (χ3v) is 4.88. The van der Waals surface area contributed by atoms with Crippen molar-refractivity contribution in [2.45, 2.75) is 4.90 Å². The summed E-state index contributed by atoms with van der Waals surface area (Å²) in [6.45, 7) is -0.855. The van der Waals surface area contributed by atoms with Crippen molar-refractivity contribution in [1.29, 1.82) is 0 Å². The topological polar surface area (TPSA) is 64.6 Å². The summed E-state index contributed by atoms with van der Waals surface area (Å²) in [5, 5.41) is 3.40. The SMILES string of the molecule is CSc1ccccc1NC(=O)COC(=O)COc1cc(Cl)c(Cl)cc1Cl. The molecule has 0 unspecified atom stereocenters. The lowest BCUT2D eigenvalue weighted by molar-refractivity contribution is -0.149. The van der Waals surface area contributed by atoms with Crippen molar-refractivity contribution in [2.24, 2.45) is 0 Å². The Kier molecular flexibility index (Phi) is 7.90. The largest absolute Gasteiger partial charge is 0.480 e. The van der Waals surface area contributed by atoms with Gasteiger partial charge < -0.3 is 14.8 Å². The summed E-state index contributed by atoms with van der Waals surface area (Å²) in [6.07, 6.45) is 1.90. The molecule has 1 amide bonds. The highest BCUT2D eigenvalue weighted by atomic mass is 35.5. The van der Waals surface area contributed by atoms with Gasteiger partial charge in [0.2, 0.25) is 0 Å². The molecule has 0 atom stereocenters. The molecule has 0 bridgehead atoms. The third kappa shape index (κ3) is 5.99. The molecule has 2 aromatic carbocycles. The van der Waals surface area contributed by atoms with Gasteiger partial charge in [-0.25, -0.2) is 4.79 Å². The van der Waals surface area contributed by atoms with Crippen LogP contribution in [0.3, 0.4) is 0 Å². The van der Waals surface area contributed by atoms with Crippen molar-refractivity contribution in [3.63, 3.8) is 0 Å². The lowest BCUT2D eigenvalue weighted by Gasteiger charge is -2.11. The van der Waals surface area contributed by atoms with E-state index in [1.807, 2.05) is 18.4 Å². The van der Waals surface area contributed by atoms with Gasteiger partial charge in [-0.1, -0.05) is 46.9 Å². The second kappa shape index (κ2) is 9.92. The van der Waals surface area contributed by atoms with Crippen molar-refractivity contribution in [2.75, 3.05) is 24.8 Å². The first-order valence-electron chi connectivity index (χ1n) is 7.26. The number of amides is 1. The summed E-state index contributed by atoms with van der Waals surface area (Å²) in [5.74, 6) is -0.982. The molecule has 2 aromatic rings. The van der Waals surface area contributed by atoms with Crippen LogP contribution in [0, 0.1) is 0 Å². The van der Waals surface area contributed by atoms with Gasteiger partial charge in [0.25, 0.3) is 5.91 Å². The number of nitrogens with one attached hydrogen (secondary N) is 1. The standard InChI is InChI=1S/C17H14Cl3NO4S/c1-26-15-5-3-2-4-13(15)21-16(22)8-25-17(23)9-24-14-7-11(19)10(18)6-12(14)20/h2-7H,8-9H2,1H3,(H,21,22). The van der Waals surface area contributed by atoms with Crippen LogP contribution in [0.15, 0.2) is 41.3 Å². The van der Waals surface area contributed by atoms with Crippen molar-refractivity contribution in [3.8, 4) is 5.75 Å². The molecule has 0 aliphatic carbocycles. The zero-order chi connectivity index (χ0) is 19.1. The van der Waals surface area contributed by atoms with E-state index in [-0.39, 0.29) is 20.8 Å². The Morgan fingerprint density at radius 2 is 1.73 bits per heavy atom. The number of thioether (sulfide) groups is 1. The zero-order valence-corrected chi connectivity index (χ0v) is 16.6. The molecule has 2 rings (SSSR count). The molecule has 0 spiro atoms. The van der Waals surface area contributed by atoms with E-state index < -0.39 is 25.1 Å². The molecule has 5 nitrogen and oxygen atoms in total. The molecule has 138 valence electrons. The number of esters is 1. The molecule has 26 heavy (non-hydrogen) atoms. The number of anilines is 1. The van der Waals surface area contributed by atoms with Gasteiger partial charge in [-0.15, -0.1) is 11.8 Å². The van der Waals surface area contributed by atoms with Crippen molar-refractivity contribution >= 4 is 64.1 Å². The first-order valence-corrected chi connectivity index (χ1v) is 9.62. The Morgan fingerprint density at radius 1 is 1.04 bits per heavy atom. The molecule has 0 heterocycles. The first-order chi connectivity index (χ1) is 12.4. The van der Waals surface area contributed by atoms with Gasteiger partial charge in [-0.05, 0) is 24.5 Å². The van der Waals surface area contributed by atoms with Gasteiger partial charge >= 0.3 is 5.97 Å². The maximum absolute atomic E-state index is 11.9. The molecular formula is C17H14Cl3NO4S. The average Bonchev–Trinajstić information content (AvgIpc) is 2.62. The Labute approximate surface area is 169 Å². The van der Waals surface area contributed by atoms with Crippen molar-refractivity contribution in [1.82, 2.24) is 0 Å². The van der Waals surface area contributed by atoms with Crippen LogP contribution in [0.1, 0.15) is 0 Å². The minimum Gasteiger partial charge on any atom is -0.480 e. The molecule has 0 fully saturated rings. The monoisotopic (exact) mass is 433 g/mol. The Balaban J connectivity index is 1.81. The van der Waals surface area contributed by atoms with E-state index in [1.54, 1.807) is 12.1 Å². The number of benzene rings is 2. The third-order valence-electron chi connectivity index (χ3n) is 3.07. The number of ether oxygens (including phenoxy) is 2. The number of hydrogen-bond donors (Lipinski definition) is 1. The molecule has 0 saturated heterocycles. The van der Waals surface area contributed by atoms with E-state index in [9.17, 15) is 9.59 Å². The van der Waals surface area contributed by atoms with Gasteiger partial charge in [-0.3, -0.25) is 4.79 Å². The average molecular weight is 435 g/mol. The summed E-state index contributed by atoms with van der Waals surface area (Å²) in [4.78, 5) is 24.5. The minimum absolute atomic E-state index is 0.191. The van der Waals surface area contributed by atoms with E-state index in [4.69, 9.17) is 44.3 Å². The Morgan fingerprint density at radius 3 is 2.46 bits per heavy atom. The highest BCUT2D eigenvalue weighted by Crippen LogP contribution is 2.33. The quantitative estimate of drug-likeness (QED) is 0.380. The highest BCUT2D eigenvalue weighted by Gasteiger charge is 2.12. The zero-order valence-electron chi connectivity index (χ0n) is 13.6. The number of halogens is 3. The number of hydrogen-bond acceptors (Lipinski definition) is 5. The van der Waals surface area contributed by atoms with Gasteiger partial charge in [0.05, 0.1) is 20.8 Å². The van der Waals surface area contributed by atoms with E-state index >= 15 is 0 Å². The van der Waals surface area contributed by atoms with Crippen LogP contribution in [0.4, 0.5) is 5.69 Å². The van der Waals surface area contributed by atoms with Crippen LogP contribution < -0.4 is 10.1 Å². The van der Waals surface area contributed by atoms with E-state index in [1.165, 1.54) is 23.9 Å². The van der Waals surface area contributed by atoms with Crippen LogP contribution in [-0.4, -0.2) is 31.3 Å². The lowest BCUT2D eigenvalue weighted by atomic mass is 10.3. The maximum Gasteiger partial charge on any atom is 0.344 e. The van der Waals surface area contributed by atoms with Crippen LogP contribution in [0.5, 0.6) is 5.75 Å². The summed E-state index contributed by atoms with van der Waals surface area (Å²) >= 11 is 19.1. The number of rotatable bonds is 7. The fraction of sp³-hybridized carbons (Fsp3) is 0.176. The van der Waals surface area contributed by atoms with Crippen LogP contribution in [0.25, 0.3) is 0 Å². The molecule has 0 aliphatic heterocycles. The fourth-order valence-corrected chi connectivity index (χ4v) is 3.02. The molecule has 1 N–H and O–H groups in total. The van der Waals surface area contributed by atoms with Gasteiger partial charge in [-0.2, -0.15) is 0 Å². The Bertz CT molecular complexity index is 817. The van der Waals surface area contributed by atoms with Crippen molar-refractivity contribution < 1.29 is 19.1 Å². The van der Waals surface area contributed by atoms with Gasteiger partial charge in [0.1, 0.15) is 5.75 Å². The Hall–Kier alpha value is -1.60. The van der Waals surface area contributed by atoms with Crippen LogP contribution >= 0.6 is 46.6 Å². The normalized spacial score (nSPS) is 10.3. The maximum atomic E-state index is 11.9. The predicted molar refractivity (Wildman–Crippen MR) is 105 cm³/mol. The fourth-order valence-electron chi connectivity index (χ4n) is 1.87. The second-order valence-electron chi connectivity index (χ2n) is 4.89. The highest BCUT2D eigenvalue weighted by molar-refractivity contribution is 7.98. The van der Waals surface area contributed by atoms with E-state index in [0.29, 0.717) is 5.69 Å². The second-order valence-corrected chi connectivity index (χ2v) is 6.96. The minimum atomic E-state index is -0.722.